The van der Waals surface area contributed by atoms with E-state index in [0.717, 1.165) is 0 Å². The zero-order chi connectivity index (χ0) is 6.73. The van der Waals surface area contributed by atoms with Gasteiger partial charge in [-0.15, -0.1) is 0 Å². The van der Waals surface area contributed by atoms with Crippen molar-refractivity contribution >= 4 is 17.3 Å². The second-order valence-electron chi connectivity index (χ2n) is 1.47. The Balaban J connectivity index is 3.64. The van der Waals surface area contributed by atoms with E-state index in [1.165, 1.54) is 5.01 Å². The van der Waals surface area contributed by atoms with Crippen molar-refractivity contribution in [3.63, 3.8) is 0 Å². The maximum atomic E-state index is 8.70. The third kappa shape index (κ3) is 2.06. The van der Waals surface area contributed by atoms with E-state index in [0.29, 0.717) is 5.17 Å². The molecule has 0 bridgehead atoms. The highest BCUT2D eigenvalue weighted by molar-refractivity contribution is 7.80. The number of hydrogen-bond acceptors (Lipinski definition) is 3. The molecule has 0 aliphatic heterocycles. The van der Waals surface area contributed by atoms with Gasteiger partial charge in [0.05, 0.1) is 0 Å². The number of hydroxylamine groups is 1. The molecule has 0 spiro atoms. The van der Waals surface area contributed by atoms with Gasteiger partial charge in [0.1, 0.15) is 0 Å². The number of hydrogen-bond donors (Lipinski definition) is 2. The zero-order valence-corrected chi connectivity index (χ0v) is 5.64. The highest BCUT2D eigenvalue weighted by Crippen LogP contribution is 1.81. The quantitative estimate of drug-likeness (QED) is 0.371. The fourth-order valence-corrected chi connectivity index (χ4v) is 0.360. The molecule has 0 aromatic carbocycles. The van der Waals surface area contributed by atoms with Crippen LogP contribution < -0.4 is 5.73 Å². The molecule has 0 aliphatic carbocycles. The molecule has 0 fully saturated rings. The summed E-state index contributed by atoms with van der Waals surface area (Å²) < 4.78 is 0. The number of rotatable bonds is 1. The Morgan fingerprint density at radius 2 is 2.00 bits per heavy atom. The standard InChI is InChI=1S/C3H9N3OS/c1-5(2)6(7)3(4)8/h7H,1-2H3,(H2,4,8). The van der Waals surface area contributed by atoms with E-state index >= 15 is 0 Å². The maximum absolute atomic E-state index is 8.70. The molecule has 0 saturated carbocycles. The van der Waals surface area contributed by atoms with Crippen LogP contribution in [0.15, 0.2) is 0 Å². The van der Waals surface area contributed by atoms with Gasteiger partial charge in [0.2, 0.25) is 5.11 Å². The minimum Gasteiger partial charge on any atom is -0.373 e. The van der Waals surface area contributed by atoms with E-state index < -0.39 is 0 Å². The summed E-state index contributed by atoms with van der Waals surface area (Å²) in [7, 11) is 3.25. The van der Waals surface area contributed by atoms with Crippen molar-refractivity contribution in [1.82, 2.24) is 10.2 Å². The van der Waals surface area contributed by atoms with Gasteiger partial charge in [-0.1, -0.05) is 0 Å². The van der Waals surface area contributed by atoms with E-state index in [4.69, 9.17) is 10.9 Å². The normalized spacial score (nSPS) is 9.50. The lowest BCUT2D eigenvalue weighted by Gasteiger charge is -2.20. The minimum atomic E-state index is -0.0602. The summed E-state index contributed by atoms with van der Waals surface area (Å²) in [5.74, 6) is 0. The largest absolute Gasteiger partial charge is 0.373 e. The van der Waals surface area contributed by atoms with E-state index in [9.17, 15) is 0 Å². The van der Waals surface area contributed by atoms with Crippen molar-refractivity contribution in [2.45, 2.75) is 0 Å². The lowest BCUT2D eigenvalue weighted by atomic mass is 11.0. The van der Waals surface area contributed by atoms with E-state index in [2.05, 4.69) is 12.2 Å². The molecule has 0 rings (SSSR count). The molecule has 0 unspecified atom stereocenters. The highest BCUT2D eigenvalue weighted by atomic mass is 32.1. The molecule has 0 atom stereocenters. The van der Waals surface area contributed by atoms with Crippen LogP contribution in [0.5, 0.6) is 0 Å². The van der Waals surface area contributed by atoms with E-state index in [-0.39, 0.29) is 5.11 Å². The predicted molar refractivity (Wildman–Crippen MR) is 34.1 cm³/mol. The first-order valence-electron chi connectivity index (χ1n) is 2.01. The van der Waals surface area contributed by atoms with Crippen LogP contribution in [0.3, 0.4) is 0 Å². The number of nitrogens with zero attached hydrogens (tertiary/aromatic N) is 2. The molecule has 0 radical (unpaired) electrons. The number of thiocarbonyl (C=S) groups is 1. The molecule has 0 heterocycles. The van der Waals surface area contributed by atoms with Gasteiger partial charge in [0.15, 0.2) is 0 Å². The van der Waals surface area contributed by atoms with Gasteiger partial charge >= 0.3 is 0 Å². The van der Waals surface area contributed by atoms with Crippen molar-refractivity contribution in [3.05, 3.63) is 0 Å². The fourth-order valence-electron chi connectivity index (χ4n) is 0.197. The lowest BCUT2D eigenvalue weighted by Crippen LogP contribution is -2.42. The average molecular weight is 135 g/mol. The summed E-state index contributed by atoms with van der Waals surface area (Å²) >= 11 is 4.41. The topological polar surface area (TPSA) is 52.7 Å². The van der Waals surface area contributed by atoms with Gasteiger partial charge in [0, 0.05) is 14.1 Å². The molecular formula is C3H9N3OS. The Labute approximate surface area is 53.4 Å². The fraction of sp³-hybridized carbons (Fsp3) is 0.667. The first kappa shape index (κ1) is 7.61. The Kier molecular flexibility index (Phi) is 2.67. The molecule has 0 aliphatic rings. The van der Waals surface area contributed by atoms with Gasteiger partial charge < -0.3 is 5.73 Å². The summed E-state index contributed by atoms with van der Waals surface area (Å²) in [5.41, 5.74) is 5.00. The Morgan fingerprint density at radius 1 is 1.62 bits per heavy atom. The van der Waals surface area contributed by atoms with E-state index in [1.807, 2.05) is 0 Å². The first-order valence-corrected chi connectivity index (χ1v) is 2.42. The average Bonchev–Trinajstić information content (AvgIpc) is 1.64. The SMILES string of the molecule is CN(C)N(O)C(N)=S. The van der Waals surface area contributed by atoms with Gasteiger partial charge in [-0.3, -0.25) is 5.21 Å². The highest BCUT2D eigenvalue weighted by Gasteiger charge is 2.01. The molecule has 0 saturated heterocycles. The maximum Gasteiger partial charge on any atom is 0.207 e. The van der Waals surface area contributed by atoms with Gasteiger partial charge in [-0.25, -0.2) is 5.01 Å². The Hall–Kier alpha value is -0.390. The molecule has 48 valence electrons. The summed E-state index contributed by atoms with van der Waals surface area (Å²) in [6, 6.07) is 0. The molecule has 4 nitrogen and oxygen atoms in total. The van der Waals surface area contributed by atoms with Crippen molar-refractivity contribution in [2.75, 3.05) is 14.1 Å². The van der Waals surface area contributed by atoms with Crippen LogP contribution in [0.25, 0.3) is 0 Å². The summed E-state index contributed by atoms with van der Waals surface area (Å²) in [6.45, 7) is 0. The number of hydrazine groups is 1. The number of nitrogens with two attached hydrogens (primary N) is 1. The third-order valence-corrected chi connectivity index (χ3v) is 0.739. The second kappa shape index (κ2) is 2.81. The molecule has 3 N–H and O–H groups in total. The van der Waals surface area contributed by atoms with Gasteiger partial charge in [-0.2, -0.15) is 5.17 Å². The van der Waals surface area contributed by atoms with Crippen LogP contribution in [0.4, 0.5) is 0 Å². The van der Waals surface area contributed by atoms with Crippen LogP contribution in [0, 0.1) is 0 Å². The van der Waals surface area contributed by atoms with Crippen LogP contribution in [-0.4, -0.2) is 34.6 Å². The predicted octanol–water partition coefficient (Wildman–Crippen LogP) is -0.602. The second-order valence-corrected chi connectivity index (χ2v) is 1.89. The Morgan fingerprint density at radius 3 is 2.00 bits per heavy atom. The smallest absolute Gasteiger partial charge is 0.207 e. The van der Waals surface area contributed by atoms with Gasteiger partial charge in [-0.05, 0) is 12.2 Å². The van der Waals surface area contributed by atoms with E-state index in [1.54, 1.807) is 14.1 Å². The minimum absolute atomic E-state index is 0.0602. The van der Waals surface area contributed by atoms with Crippen molar-refractivity contribution < 1.29 is 5.21 Å². The van der Waals surface area contributed by atoms with Crippen LogP contribution in [0.2, 0.25) is 0 Å². The lowest BCUT2D eigenvalue weighted by molar-refractivity contribution is -0.157. The van der Waals surface area contributed by atoms with Crippen LogP contribution in [-0.2, 0) is 0 Å². The third-order valence-electron chi connectivity index (χ3n) is 0.576. The van der Waals surface area contributed by atoms with Crippen LogP contribution >= 0.6 is 12.2 Å². The molecule has 5 heteroatoms. The molecule has 0 aromatic heterocycles. The van der Waals surface area contributed by atoms with Crippen molar-refractivity contribution in [1.29, 1.82) is 0 Å². The van der Waals surface area contributed by atoms with Gasteiger partial charge in [0.25, 0.3) is 0 Å². The van der Waals surface area contributed by atoms with Crippen LogP contribution in [0.1, 0.15) is 0 Å². The summed E-state index contributed by atoms with van der Waals surface area (Å²) in [6.07, 6.45) is 0. The monoisotopic (exact) mass is 135 g/mol. The molecule has 8 heavy (non-hydrogen) atoms. The zero-order valence-electron chi connectivity index (χ0n) is 4.83. The summed E-state index contributed by atoms with van der Waals surface area (Å²) in [5, 5.41) is 10.7. The Bertz CT molecular complexity index is 94.5. The van der Waals surface area contributed by atoms with Crippen molar-refractivity contribution in [2.24, 2.45) is 5.73 Å². The van der Waals surface area contributed by atoms with Crippen molar-refractivity contribution in [3.8, 4) is 0 Å². The first-order chi connectivity index (χ1) is 3.55. The molecule has 0 aromatic rings. The molecule has 0 amide bonds. The summed E-state index contributed by atoms with van der Waals surface area (Å²) in [4.78, 5) is 0. The molecular weight excluding hydrogens is 126 g/mol.